The van der Waals surface area contributed by atoms with E-state index in [-0.39, 0.29) is 11.1 Å². The molecule has 2 rings (SSSR count). The van der Waals surface area contributed by atoms with Crippen molar-refractivity contribution in [3.05, 3.63) is 40.3 Å². The van der Waals surface area contributed by atoms with Gasteiger partial charge in [0.15, 0.2) is 0 Å². The van der Waals surface area contributed by atoms with Crippen LogP contribution in [0.15, 0.2) is 28.8 Å². The van der Waals surface area contributed by atoms with Crippen molar-refractivity contribution in [2.75, 3.05) is 0 Å². The van der Waals surface area contributed by atoms with Crippen LogP contribution in [0.5, 0.6) is 0 Å². The van der Waals surface area contributed by atoms with Crippen molar-refractivity contribution >= 4 is 5.69 Å². The van der Waals surface area contributed by atoms with Gasteiger partial charge in [0.2, 0.25) is 11.7 Å². The Morgan fingerprint density at radius 1 is 1.33 bits per heavy atom. The van der Waals surface area contributed by atoms with E-state index in [0.29, 0.717) is 17.3 Å². The average Bonchev–Trinajstić information content (AvgIpc) is 2.78. The van der Waals surface area contributed by atoms with Crippen LogP contribution in [-0.4, -0.2) is 15.1 Å². The molecule has 0 aliphatic carbocycles. The smallest absolute Gasteiger partial charge is 0.270 e. The van der Waals surface area contributed by atoms with Crippen LogP contribution in [0.3, 0.4) is 0 Å². The zero-order valence-electron chi connectivity index (χ0n) is 10.4. The number of hydrogen-bond acceptors (Lipinski definition) is 5. The van der Waals surface area contributed by atoms with Gasteiger partial charge in [-0.05, 0) is 0 Å². The molecule has 0 fully saturated rings. The summed E-state index contributed by atoms with van der Waals surface area (Å²) in [6.45, 7) is 5.87. The van der Waals surface area contributed by atoms with Gasteiger partial charge in [-0.15, -0.1) is 0 Å². The first-order valence-corrected chi connectivity index (χ1v) is 5.47. The van der Waals surface area contributed by atoms with E-state index in [2.05, 4.69) is 10.1 Å². The molecule has 0 radical (unpaired) electrons. The Balaban J connectivity index is 2.40. The highest BCUT2D eigenvalue weighted by atomic mass is 16.6. The summed E-state index contributed by atoms with van der Waals surface area (Å²) in [6, 6.07) is 6.16. The van der Waals surface area contributed by atoms with Crippen molar-refractivity contribution in [3.8, 4) is 11.4 Å². The molecular formula is C12H13N3O3. The lowest BCUT2D eigenvalue weighted by molar-refractivity contribution is -0.384. The summed E-state index contributed by atoms with van der Waals surface area (Å²) in [6.07, 6.45) is 0. The summed E-state index contributed by atoms with van der Waals surface area (Å²) in [4.78, 5) is 14.5. The summed E-state index contributed by atoms with van der Waals surface area (Å²) in [5, 5.41) is 14.5. The van der Waals surface area contributed by atoms with Crippen LogP contribution >= 0.6 is 0 Å². The first kappa shape index (κ1) is 12.2. The Kier molecular flexibility index (Phi) is 2.86. The van der Waals surface area contributed by atoms with Crippen LogP contribution in [0.2, 0.25) is 0 Å². The second-order valence-electron chi connectivity index (χ2n) is 4.98. The van der Waals surface area contributed by atoms with Crippen LogP contribution in [-0.2, 0) is 5.41 Å². The first-order valence-electron chi connectivity index (χ1n) is 5.47. The molecule has 0 spiro atoms. The van der Waals surface area contributed by atoms with Gasteiger partial charge in [-0.25, -0.2) is 0 Å². The fraction of sp³-hybridized carbons (Fsp3) is 0.333. The fourth-order valence-electron chi connectivity index (χ4n) is 1.40. The van der Waals surface area contributed by atoms with E-state index in [1.165, 1.54) is 12.1 Å². The van der Waals surface area contributed by atoms with E-state index in [4.69, 9.17) is 4.52 Å². The third-order valence-electron chi connectivity index (χ3n) is 2.38. The molecule has 1 heterocycles. The quantitative estimate of drug-likeness (QED) is 0.601. The zero-order valence-corrected chi connectivity index (χ0v) is 10.4. The number of hydrogen-bond donors (Lipinski definition) is 0. The molecule has 1 aromatic carbocycles. The Hall–Kier alpha value is -2.24. The maximum Gasteiger partial charge on any atom is 0.270 e. The molecule has 2 aromatic rings. The molecule has 0 N–H and O–H groups in total. The predicted octanol–water partition coefficient (Wildman–Crippen LogP) is 2.94. The monoisotopic (exact) mass is 247 g/mol. The lowest BCUT2D eigenvalue weighted by atomic mass is 9.97. The second kappa shape index (κ2) is 4.21. The van der Waals surface area contributed by atoms with Crippen LogP contribution < -0.4 is 0 Å². The standard InChI is InChI=1S/C12H13N3O3/c1-12(2,3)11-13-10(14-18-11)8-5-4-6-9(7-8)15(16)17/h4-7H,1-3H3. The maximum absolute atomic E-state index is 10.7. The summed E-state index contributed by atoms with van der Waals surface area (Å²) in [5.41, 5.74) is 0.337. The molecule has 0 bridgehead atoms. The van der Waals surface area contributed by atoms with Gasteiger partial charge in [0.25, 0.3) is 5.69 Å². The van der Waals surface area contributed by atoms with E-state index >= 15 is 0 Å². The number of rotatable bonds is 2. The number of nitro benzene ring substituents is 1. The SMILES string of the molecule is CC(C)(C)c1nc(-c2cccc([N+](=O)[O-])c2)no1. The van der Waals surface area contributed by atoms with E-state index < -0.39 is 4.92 Å². The van der Waals surface area contributed by atoms with Gasteiger partial charge >= 0.3 is 0 Å². The van der Waals surface area contributed by atoms with Crippen molar-refractivity contribution in [2.45, 2.75) is 26.2 Å². The molecule has 94 valence electrons. The van der Waals surface area contributed by atoms with Crippen molar-refractivity contribution in [1.82, 2.24) is 10.1 Å². The van der Waals surface area contributed by atoms with E-state index in [1.54, 1.807) is 12.1 Å². The van der Waals surface area contributed by atoms with Gasteiger partial charge in [-0.1, -0.05) is 38.1 Å². The molecule has 0 unspecified atom stereocenters. The van der Waals surface area contributed by atoms with Crippen molar-refractivity contribution < 1.29 is 9.45 Å². The highest BCUT2D eigenvalue weighted by Crippen LogP contribution is 2.25. The molecular weight excluding hydrogens is 234 g/mol. The Morgan fingerprint density at radius 3 is 2.61 bits per heavy atom. The highest BCUT2D eigenvalue weighted by Gasteiger charge is 2.22. The van der Waals surface area contributed by atoms with Crippen LogP contribution in [0.1, 0.15) is 26.7 Å². The fourth-order valence-corrected chi connectivity index (χ4v) is 1.40. The second-order valence-corrected chi connectivity index (χ2v) is 4.98. The number of aromatic nitrogens is 2. The molecule has 0 amide bonds. The third-order valence-corrected chi connectivity index (χ3v) is 2.38. The molecule has 6 heteroatoms. The van der Waals surface area contributed by atoms with Crippen LogP contribution in [0.25, 0.3) is 11.4 Å². The van der Waals surface area contributed by atoms with Crippen LogP contribution in [0.4, 0.5) is 5.69 Å². The number of nitro groups is 1. The minimum Gasteiger partial charge on any atom is -0.338 e. The topological polar surface area (TPSA) is 82.1 Å². The zero-order chi connectivity index (χ0) is 13.3. The van der Waals surface area contributed by atoms with Gasteiger partial charge < -0.3 is 4.52 Å². The van der Waals surface area contributed by atoms with Crippen LogP contribution in [0, 0.1) is 10.1 Å². The number of non-ortho nitro benzene ring substituents is 1. The Labute approximate surface area is 104 Å². The lowest BCUT2D eigenvalue weighted by Crippen LogP contribution is -2.11. The molecule has 0 aliphatic rings. The van der Waals surface area contributed by atoms with Crippen molar-refractivity contribution in [3.63, 3.8) is 0 Å². The minimum atomic E-state index is -0.450. The Bertz CT molecular complexity index is 584. The predicted molar refractivity (Wildman–Crippen MR) is 65.1 cm³/mol. The molecule has 0 saturated heterocycles. The van der Waals surface area contributed by atoms with E-state index in [9.17, 15) is 10.1 Å². The largest absolute Gasteiger partial charge is 0.338 e. The van der Waals surface area contributed by atoms with Gasteiger partial charge in [0, 0.05) is 23.1 Å². The third kappa shape index (κ3) is 2.37. The first-order chi connectivity index (χ1) is 8.38. The minimum absolute atomic E-state index is 0.00890. The molecule has 1 aromatic heterocycles. The summed E-state index contributed by atoms with van der Waals surface area (Å²) in [7, 11) is 0. The van der Waals surface area contributed by atoms with E-state index in [1.807, 2.05) is 20.8 Å². The van der Waals surface area contributed by atoms with E-state index in [0.717, 1.165) is 0 Å². The molecule has 0 aliphatic heterocycles. The lowest BCUT2D eigenvalue weighted by Gasteiger charge is -2.10. The van der Waals surface area contributed by atoms with Gasteiger partial charge in [-0.3, -0.25) is 10.1 Å². The summed E-state index contributed by atoms with van der Waals surface area (Å²) >= 11 is 0. The normalized spacial score (nSPS) is 11.5. The van der Waals surface area contributed by atoms with Gasteiger partial charge in [0.05, 0.1) is 4.92 Å². The van der Waals surface area contributed by atoms with Crippen molar-refractivity contribution in [2.24, 2.45) is 0 Å². The molecule has 18 heavy (non-hydrogen) atoms. The molecule has 0 atom stereocenters. The maximum atomic E-state index is 10.7. The molecule has 0 saturated carbocycles. The summed E-state index contributed by atoms with van der Waals surface area (Å²) < 4.78 is 5.15. The highest BCUT2D eigenvalue weighted by molar-refractivity contribution is 5.58. The van der Waals surface area contributed by atoms with Gasteiger partial charge in [0.1, 0.15) is 0 Å². The summed E-state index contributed by atoms with van der Waals surface area (Å²) in [5.74, 6) is 0.868. The number of nitrogens with zero attached hydrogens (tertiary/aromatic N) is 3. The average molecular weight is 247 g/mol. The Morgan fingerprint density at radius 2 is 2.06 bits per heavy atom. The number of benzene rings is 1. The van der Waals surface area contributed by atoms with Crippen molar-refractivity contribution in [1.29, 1.82) is 0 Å². The van der Waals surface area contributed by atoms with Gasteiger partial charge in [-0.2, -0.15) is 4.98 Å². The molecule has 6 nitrogen and oxygen atoms in total.